The summed E-state index contributed by atoms with van der Waals surface area (Å²) in [7, 11) is 1.55. The molecular formula is C37H45FN6O6. The van der Waals surface area contributed by atoms with E-state index in [1.165, 1.54) is 4.90 Å². The first kappa shape index (κ1) is 33.7. The number of nitrogens with zero attached hydrogens (tertiary/aromatic N) is 4. The standard InChI is InChI=1S/C37H45FN6O6/c1-21-32(28-13-23-7-6-8-29(34(23)43(28)16-22-9-10-22)49-20-26-11-12-31(45)39-26)41-44-17-24(14-30(48-5)33(21)44)35(46)42-18-25(38)15-27(19-42)40-36(47)50-37(2,3)4/h6-8,13-14,17,22,25-27H,9-12,15-16,18-20H2,1-5H3,(H,39,45)(H,40,47)/t25-,26-,27-/m1/s1. The van der Waals surface area contributed by atoms with Crippen LogP contribution in [0.1, 0.15) is 68.8 Å². The molecule has 3 fully saturated rings. The van der Waals surface area contributed by atoms with Gasteiger partial charge >= 0.3 is 6.09 Å². The van der Waals surface area contributed by atoms with Gasteiger partial charge in [0.05, 0.1) is 42.5 Å². The van der Waals surface area contributed by atoms with Crippen molar-refractivity contribution < 1.29 is 33.0 Å². The number of aryl methyl sites for hydroxylation is 1. The number of pyridine rings is 1. The summed E-state index contributed by atoms with van der Waals surface area (Å²) in [6, 6.07) is 9.20. The van der Waals surface area contributed by atoms with Gasteiger partial charge in [0.1, 0.15) is 41.1 Å². The van der Waals surface area contributed by atoms with Gasteiger partial charge in [-0.2, -0.15) is 5.10 Å². The van der Waals surface area contributed by atoms with Crippen LogP contribution in [0.4, 0.5) is 9.18 Å². The first-order valence-electron chi connectivity index (χ1n) is 17.4. The number of nitrogens with one attached hydrogen (secondary N) is 2. The van der Waals surface area contributed by atoms with Crippen molar-refractivity contribution in [1.29, 1.82) is 0 Å². The SMILES string of the molecule is COc1cc(C(=O)N2C[C@H](F)C[C@@H](NC(=O)OC(C)(C)C)C2)cn2nc(-c3cc4cccc(OC[C@H]5CCC(=O)N5)c4n3CC3CC3)c(C)c12. The van der Waals surface area contributed by atoms with Crippen molar-refractivity contribution in [3.05, 3.63) is 47.7 Å². The number of hydrogen-bond donors (Lipinski definition) is 2. The van der Waals surface area contributed by atoms with Crippen LogP contribution >= 0.6 is 0 Å². The summed E-state index contributed by atoms with van der Waals surface area (Å²) in [5.41, 5.74) is 3.87. The molecule has 12 nitrogen and oxygen atoms in total. The number of methoxy groups -OCH3 is 1. The number of likely N-dealkylation sites (tertiary alicyclic amines) is 1. The normalized spacial score (nSPS) is 21.0. The molecule has 5 heterocycles. The lowest BCUT2D eigenvalue weighted by Gasteiger charge is -2.35. The Labute approximate surface area is 290 Å². The predicted octanol–water partition coefficient (Wildman–Crippen LogP) is 5.42. The molecule has 0 bridgehead atoms. The van der Waals surface area contributed by atoms with Gasteiger partial charge in [-0.1, -0.05) is 12.1 Å². The van der Waals surface area contributed by atoms with Crippen molar-refractivity contribution in [2.75, 3.05) is 26.8 Å². The van der Waals surface area contributed by atoms with Crippen LogP contribution in [0, 0.1) is 12.8 Å². The van der Waals surface area contributed by atoms with E-state index in [-0.39, 0.29) is 37.4 Å². The van der Waals surface area contributed by atoms with Crippen molar-refractivity contribution in [1.82, 2.24) is 29.7 Å². The summed E-state index contributed by atoms with van der Waals surface area (Å²) in [4.78, 5) is 39.5. The fourth-order valence-electron chi connectivity index (χ4n) is 7.11. The van der Waals surface area contributed by atoms with Gasteiger partial charge in [-0.15, -0.1) is 0 Å². The fraction of sp³-hybridized carbons (Fsp3) is 0.514. The van der Waals surface area contributed by atoms with Gasteiger partial charge in [0.2, 0.25) is 5.91 Å². The minimum atomic E-state index is -1.31. The van der Waals surface area contributed by atoms with E-state index in [9.17, 15) is 18.8 Å². The summed E-state index contributed by atoms with van der Waals surface area (Å²) in [6.07, 6.45) is 3.38. The molecule has 3 aromatic heterocycles. The van der Waals surface area contributed by atoms with Crippen molar-refractivity contribution in [2.24, 2.45) is 5.92 Å². The lowest BCUT2D eigenvalue weighted by molar-refractivity contribution is -0.119. The molecule has 1 saturated carbocycles. The maximum Gasteiger partial charge on any atom is 0.407 e. The number of amides is 3. The molecule has 0 radical (unpaired) electrons. The minimum absolute atomic E-state index is 0.0121. The van der Waals surface area contributed by atoms with E-state index in [4.69, 9.17) is 19.3 Å². The average molecular weight is 689 g/mol. The molecule has 50 heavy (non-hydrogen) atoms. The highest BCUT2D eigenvalue weighted by molar-refractivity contribution is 5.96. The second kappa shape index (κ2) is 13.1. The van der Waals surface area contributed by atoms with Crippen molar-refractivity contribution in [3.63, 3.8) is 0 Å². The third-order valence-electron chi connectivity index (χ3n) is 9.59. The van der Waals surface area contributed by atoms with Crippen molar-refractivity contribution in [3.8, 4) is 22.9 Å². The van der Waals surface area contributed by atoms with Crippen LogP contribution in [0.2, 0.25) is 0 Å². The van der Waals surface area contributed by atoms with E-state index >= 15 is 0 Å². The Hall–Kier alpha value is -4.81. The molecule has 266 valence electrons. The van der Waals surface area contributed by atoms with Crippen molar-refractivity contribution in [2.45, 2.75) is 90.2 Å². The van der Waals surface area contributed by atoms with E-state index in [2.05, 4.69) is 27.3 Å². The Balaban J connectivity index is 1.21. The Morgan fingerprint density at radius 2 is 1.90 bits per heavy atom. The van der Waals surface area contributed by atoms with Crippen LogP contribution in [-0.4, -0.2) is 87.7 Å². The quantitative estimate of drug-likeness (QED) is 0.241. The van der Waals surface area contributed by atoms with Gasteiger partial charge in [0.25, 0.3) is 5.91 Å². The van der Waals surface area contributed by atoms with Crippen molar-refractivity contribution >= 4 is 34.3 Å². The molecule has 2 saturated heterocycles. The van der Waals surface area contributed by atoms with Gasteiger partial charge in [0.15, 0.2) is 0 Å². The maximum atomic E-state index is 14.9. The van der Waals surface area contributed by atoms with Crippen LogP contribution in [0.15, 0.2) is 36.5 Å². The van der Waals surface area contributed by atoms with E-state index in [0.717, 1.165) is 64.9 Å². The summed E-state index contributed by atoms with van der Waals surface area (Å²) in [5, 5.41) is 11.7. The molecule has 2 N–H and O–H groups in total. The number of aromatic nitrogens is 3. The highest BCUT2D eigenvalue weighted by Crippen LogP contribution is 2.41. The minimum Gasteiger partial charge on any atom is -0.494 e. The smallest absolute Gasteiger partial charge is 0.407 e. The number of ether oxygens (including phenoxy) is 3. The summed E-state index contributed by atoms with van der Waals surface area (Å²) in [6.45, 7) is 8.52. The fourth-order valence-corrected chi connectivity index (χ4v) is 7.11. The van der Waals surface area contributed by atoms with E-state index in [0.29, 0.717) is 30.3 Å². The molecule has 1 aliphatic carbocycles. The molecule has 13 heteroatoms. The number of alkyl halides is 1. The Morgan fingerprint density at radius 1 is 1.10 bits per heavy atom. The number of carbonyl (C=O) groups excluding carboxylic acids is 3. The maximum absolute atomic E-state index is 14.9. The molecule has 3 aliphatic rings. The Kier molecular flexibility index (Phi) is 8.85. The molecular weight excluding hydrogens is 643 g/mol. The van der Waals surface area contributed by atoms with Gasteiger partial charge in [-0.05, 0) is 71.1 Å². The number of alkyl carbamates (subject to hydrolysis) is 1. The number of fused-ring (bicyclic) bond motifs is 2. The lowest BCUT2D eigenvalue weighted by Crippen LogP contribution is -2.54. The lowest BCUT2D eigenvalue weighted by atomic mass is 10.0. The zero-order valence-corrected chi connectivity index (χ0v) is 29.3. The van der Waals surface area contributed by atoms with Gasteiger partial charge in [-0.3, -0.25) is 9.59 Å². The first-order valence-corrected chi connectivity index (χ1v) is 17.4. The van der Waals surface area contributed by atoms with Crippen LogP contribution < -0.4 is 20.1 Å². The number of carbonyl (C=O) groups is 3. The number of rotatable bonds is 9. The molecule has 2 aliphatic heterocycles. The highest BCUT2D eigenvalue weighted by Gasteiger charge is 2.34. The molecule has 3 atom stereocenters. The third kappa shape index (κ3) is 6.95. The number of para-hydroxylation sites is 1. The van der Waals surface area contributed by atoms with Crippen LogP contribution in [0.5, 0.6) is 11.5 Å². The number of halogens is 1. The van der Waals surface area contributed by atoms with E-state index in [1.807, 2.05) is 19.1 Å². The summed E-state index contributed by atoms with van der Waals surface area (Å²) in [5.74, 6) is 1.45. The second-order valence-electron chi connectivity index (χ2n) is 14.8. The van der Waals surface area contributed by atoms with Crippen LogP contribution in [0.25, 0.3) is 27.8 Å². The average Bonchev–Trinajstić information content (AvgIpc) is 3.52. The summed E-state index contributed by atoms with van der Waals surface area (Å²) < 4.78 is 36.4. The highest BCUT2D eigenvalue weighted by atomic mass is 19.1. The molecule has 3 amide bonds. The predicted molar refractivity (Wildman–Crippen MR) is 185 cm³/mol. The number of benzene rings is 1. The van der Waals surface area contributed by atoms with Crippen LogP contribution in [-0.2, 0) is 16.1 Å². The Morgan fingerprint density at radius 3 is 2.60 bits per heavy atom. The third-order valence-corrected chi connectivity index (χ3v) is 9.59. The topological polar surface area (TPSA) is 128 Å². The zero-order valence-electron chi connectivity index (χ0n) is 29.3. The van der Waals surface area contributed by atoms with E-state index in [1.54, 1.807) is 44.7 Å². The van der Waals surface area contributed by atoms with Gasteiger partial charge < -0.3 is 34.3 Å². The monoisotopic (exact) mass is 688 g/mol. The molecule has 0 unspecified atom stereocenters. The van der Waals surface area contributed by atoms with Gasteiger partial charge in [-0.25, -0.2) is 13.7 Å². The molecule has 0 spiro atoms. The zero-order chi connectivity index (χ0) is 35.3. The Bertz CT molecular complexity index is 1960. The molecule has 4 aromatic rings. The molecule has 7 rings (SSSR count). The molecule has 1 aromatic carbocycles. The number of hydrogen-bond acceptors (Lipinski definition) is 7. The van der Waals surface area contributed by atoms with Gasteiger partial charge in [0, 0.05) is 43.1 Å². The van der Waals surface area contributed by atoms with Crippen LogP contribution in [0.3, 0.4) is 0 Å². The largest absolute Gasteiger partial charge is 0.494 e. The number of piperidine rings is 1. The second-order valence-corrected chi connectivity index (χ2v) is 14.8. The summed E-state index contributed by atoms with van der Waals surface area (Å²) >= 11 is 0. The first-order chi connectivity index (χ1) is 23.9. The van der Waals surface area contributed by atoms with E-state index < -0.39 is 23.9 Å².